The summed E-state index contributed by atoms with van der Waals surface area (Å²) in [6, 6.07) is 10.2. The van der Waals surface area contributed by atoms with Crippen molar-refractivity contribution in [2.75, 3.05) is 20.0 Å². The van der Waals surface area contributed by atoms with E-state index >= 15 is 0 Å². The van der Waals surface area contributed by atoms with Gasteiger partial charge in [0.1, 0.15) is 5.52 Å². The van der Waals surface area contributed by atoms with Gasteiger partial charge in [-0.25, -0.2) is 9.59 Å². The van der Waals surface area contributed by atoms with E-state index in [2.05, 4.69) is 31.7 Å². The molecule has 3 rings (SSSR count). The van der Waals surface area contributed by atoms with Gasteiger partial charge >= 0.3 is 11.9 Å². The Kier molecular flexibility index (Phi) is 6.31. The lowest BCUT2D eigenvalue weighted by Gasteiger charge is -2.04. The molecular formula is C16H15N3O4S2. The Morgan fingerprint density at radius 2 is 1.64 bits per heavy atom. The zero-order valence-corrected chi connectivity index (χ0v) is 15.1. The minimum absolute atomic E-state index is 0.350. The van der Waals surface area contributed by atoms with E-state index in [1.165, 1.54) is 25.8 Å². The van der Waals surface area contributed by atoms with Gasteiger partial charge in [0.15, 0.2) is 0 Å². The van der Waals surface area contributed by atoms with Gasteiger partial charge in [-0.3, -0.25) is 0 Å². The van der Waals surface area contributed by atoms with Crippen LogP contribution >= 0.6 is 24.2 Å². The second-order valence-electron chi connectivity index (χ2n) is 4.65. The molecule has 0 aliphatic heterocycles. The Balaban J connectivity index is 0.000000181. The number of carbonyl (C=O) groups is 2. The van der Waals surface area contributed by atoms with Crippen LogP contribution < -0.4 is 5.73 Å². The Labute approximate surface area is 153 Å². The molecule has 9 heteroatoms. The molecule has 0 fully saturated rings. The van der Waals surface area contributed by atoms with E-state index in [-0.39, 0.29) is 5.97 Å². The molecule has 0 aliphatic carbocycles. The maximum Gasteiger partial charge on any atom is 0.339 e. The number of thiol groups is 1. The van der Waals surface area contributed by atoms with Crippen LogP contribution in [-0.2, 0) is 9.47 Å². The summed E-state index contributed by atoms with van der Waals surface area (Å²) >= 11 is 5.27. The van der Waals surface area contributed by atoms with Gasteiger partial charge in [-0.1, -0.05) is 16.6 Å². The fourth-order valence-electron chi connectivity index (χ4n) is 1.91. The summed E-state index contributed by atoms with van der Waals surface area (Å²) < 4.78 is 13.7. The smallest absolute Gasteiger partial charge is 0.339 e. The van der Waals surface area contributed by atoms with Gasteiger partial charge in [-0.15, -0.1) is 17.7 Å². The zero-order valence-electron chi connectivity index (χ0n) is 13.4. The summed E-state index contributed by atoms with van der Waals surface area (Å²) in [4.78, 5) is 22.8. The predicted octanol–water partition coefficient (Wildman–Crippen LogP) is 2.82. The number of hydrogen-bond acceptors (Lipinski definition) is 9. The molecule has 0 saturated heterocycles. The van der Waals surface area contributed by atoms with Crippen molar-refractivity contribution in [2.45, 2.75) is 4.90 Å². The number of anilines is 1. The second-order valence-corrected chi connectivity index (χ2v) is 5.85. The fourth-order valence-corrected chi connectivity index (χ4v) is 2.81. The third kappa shape index (κ3) is 4.25. The van der Waals surface area contributed by atoms with Crippen LogP contribution in [0.15, 0.2) is 41.3 Å². The summed E-state index contributed by atoms with van der Waals surface area (Å²) in [5.41, 5.74) is 7.64. The van der Waals surface area contributed by atoms with Crippen molar-refractivity contribution in [3.63, 3.8) is 0 Å². The molecule has 0 aliphatic rings. The van der Waals surface area contributed by atoms with Crippen molar-refractivity contribution >= 4 is 52.0 Å². The highest BCUT2D eigenvalue weighted by molar-refractivity contribution is 7.80. The molecule has 0 unspecified atom stereocenters. The number of methoxy groups -OCH3 is 2. The van der Waals surface area contributed by atoms with Crippen LogP contribution in [-0.4, -0.2) is 35.7 Å². The molecule has 0 radical (unpaired) electrons. The summed E-state index contributed by atoms with van der Waals surface area (Å²) in [6.45, 7) is 0. The number of nitrogens with zero attached hydrogens (tertiary/aromatic N) is 2. The monoisotopic (exact) mass is 377 g/mol. The van der Waals surface area contributed by atoms with Gasteiger partial charge in [0.2, 0.25) is 0 Å². The topological polar surface area (TPSA) is 104 Å². The van der Waals surface area contributed by atoms with Gasteiger partial charge in [-0.05, 0) is 35.8 Å². The Bertz CT molecular complexity index is 911. The molecule has 0 atom stereocenters. The highest BCUT2D eigenvalue weighted by Crippen LogP contribution is 2.21. The van der Waals surface area contributed by atoms with E-state index in [1.807, 2.05) is 6.07 Å². The number of benzene rings is 2. The van der Waals surface area contributed by atoms with Crippen LogP contribution in [0.2, 0.25) is 0 Å². The van der Waals surface area contributed by atoms with E-state index in [0.29, 0.717) is 21.7 Å². The van der Waals surface area contributed by atoms with Crippen molar-refractivity contribution in [3.8, 4) is 0 Å². The number of fused-ring (bicyclic) bond motifs is 1. The molecule has 25 heavy (non-hydrogen) atoms. The van der Waals surface area contributed by atoms with Crippen LogP contribution in [0.1, 0.15) is 20.7 Å². The van der Waals surface area contributed by atoms with Crippen molar-refractivity contribution in [2.24, 2.45) is 0 Å². The Morgan fingerprint density at radius 3 is 2.32 bits per heavy atom. The largest absolute Gasteiger partial charge is 0.465 e. The third-order valence-corrected chi connectivity index (χ3v) is 4.43. The van der Waals surface area contributed by atoms with Crippen molar-refractivity contribution < 1.29 is 19.1 Å². The SMILES string of the molecule is COC(=O)c1cccc(N)c1S.COC(=O)c1cccc2nnsc12. The molecule has 3 aromatic rings. The highest BCUT2D eigenvalue weighted by atomic mass is 32.1. The normalized spacial score (nSPS) is 9.88. The van der Waals surface area contributed by atoms with Gasteiger partial charge < -0.3 is 15.2 Å². The quantitative estimate of drug-likeness (QED) is 0.402. The van der Waals surface area contributed by atoms with Gasteiger partial charge in [0.25, 0.3) is 0 Å². The average Bonchev–Trinajstić information content (AvgIpc) is 3.12. The number of hydrogen-bond donors (Lipinski definition) is 2. The lowest BCUT2D eigenvalue weighted by molar-refractivity contribution is 0.0590. The molecule has 0 saturated carbocycles. The van der Waals surface area contributed by atoms with Crippen LogP contribution in [0, 0.1) is 0 Å². The second kappa shape index (κ2) is 8.45. The van der Waals surface area contributed by atoms with Crippen molar-refractivity contribution in [1.82, 2.24) is 9.59 Å². The van der Waals surface area contributed by atoms with Gasteiger partial charge in [-0.2, -0.15) is 0 Å². The van der Waals surface area contributed by atoms with E-state index in [4.69, 9.17) is 5.73 Å². The molecule has 0 bridgehead atoms. The first-order valence-corrected chi connectivity index (χ1v) is 8.16. The molecule has 0 spiro atoms. The summed E-state index contributed by atoms with van der Waals surface area (Å²) in [7, 11) is 2.67. The van der Waals surface area contributed by atoms with Crippen LogP contribution in [0.25, 0.3) is 10.2 Å². The van der Waals surface area contributed by atoms with Crippen molar-refractivity contribution in [3.05, 3.63) is 47.5 Å². The standard InChI is InChI=1S/C8H6N2O2S.C8H9NO2S/c1-12-8(11)5-3-2-4-6-7(5)13-10-9-6;1-11-8(10)5-3-2-4-6(9)7(5)12/h2-4H,1H3;2-4,12H,9H2,1H3. The van der Waals surface area contributed by atoms with E-state index in [9.17, 15) is 9.59 Å². The number of nitrogens with two attached hydrogens (primary N) is 1. The van der Waals surface area contributed by atoms with Crippen LogP contribution in [0.3, 0.4) is 0 Å². The summed E-state index contributed by atoms with van der Waals surface area (Å²) in [6.07, 6.45) is 0. The summed E-state index contributed by atoms with van der Waals surface area (Å²) in [5, 5.41) is 3.86. The maximum atomic E-state index is 11.3. The number of carbonyl (C=O) groups excluding carboxylic acids is 2. The lowest BCUT2D eigenvalue weighted by Crippen LogP contribution is -2.03. The van der Waals surface area contributed by atoms with E-state index in [0.717, 1.165) is 10.2 Å². The zero-order chi connectivity index (χ0) is 18.4. The fraction of sp³-hybridized carbons (Fsp3) is 0.125. The minimum Gasteiger partial charge on any atom is -0.465 e. The van der Waals surface area contributed by atoms with E-state index < -0.39 is 5.97 Å². The number of rotatable bonds is 2. The number of nitrogen functional groups attached to an aromatic ring is 1. The number of ether oxygens (including phenoxy) is 2. The number of esters is 2. The molecule has 1 heterocycles. The minimum atomic E-state index is -0.424. The van der Waals surface area contributed by atoms with Gasteiger partial charge in [0, 0.05) is 10.6 Å². The molecule has 7 nitrogen and oxygen atoms in total. The summed E-state index contributed by atoms with van der Waals surface area (Å²) in [5.74, 6) is -0.774. The first-order valence-electron chi connectivity index (χ1n) is 6.94. The third-order valence-electron chi connectivity index (χ3n) is 3.15. The first kappa shape index (κ1) is 18.7. The Hall–Kier alpha value is -2.65. The number of aromatic nitrogens is 2. The molecule has 130 valence electrons. The molecule has 1 aromatic heterocycles. The lowest BCUT2D eigenvalue weighted by atomic mass is 10.2. The predicted molar refractivity (Wildman–Crippen MR) is 98.2 cm³/mol. The Morgan fingerprint density at radius 1 is 1.04 bits per heavy atom. The van der Waals surface area contributed by atoms with Crippen LogP contribution in [0.4, 0.5) is 5.69 Å². The molecule has 2 N–H and O–H groups in total. The molecule has 2 aromatic carbocycles. The molecular weight excluding hydrogens is 362 g/mol. The highest BCUT2D eigenvalue weighted by Gasteiger charge is 2.12. The van der Waals surface area contributed by atoms with Crippen LogP contribution in [0.5, 0.6) is 0 Å². The maximum absolute atomic E-state index is 11.3. The van der Waals surface area contributed by atoms with Crippen molar-refractivity contribution in [1.29, 1.82) is 0 Å². The van der Waals surface area contributed by atoms with Gasteiger partial charge in [0.05, 0.1) is 30.0 Å². The molecule has 0 amide bonds. The van der Waals surface area contributed by atoms with E-state index in [1.54, 1.807) is 30.3 Å². The average molecular weight is 377 g/mol. The first-order chi connectivity index (χ1) is 12.0.